The van der Waals surface area contributed by atoms with Crippen molar-refractivity contribution in [2.75, 3.05) is 5.75 Å². The average molecular weight is 330 g/mol. The molecule has 1 heterocycles. The molecule has 1 N–H and O–H groups in total. The number of carbonyl (C=O) groups excluding carboxylic acids is 1. The maximum absolute atomic E-state index is 12.2. The Morgan fingerprint density at radius 2 is 2.38 bits per heavy atom. The Bertz CT molecular complexity index is 555. The number of hydrogen-bond acceptors (Lipinski definition) is 5. The second kappa shape index (κ2) is 7.09. The molecule has 1 fully saturated rings. The van der Waals surface area contributed by atoms with Crippen LogP contribution >= 0.6 is 23.4 Å². The fourth-order valence-corrected chi connectivity index (χ4v) is 3.77. The van der Waals surface area contributed by atoms with E-state index in [0.29, 0.717) is 5.25 Å². The highest BCUT2D eigenvalue weighted by Gasteiger charge is 2.28. The smallest absolute Gasteiger partial charge is 0.300 e. The number of pyridine rings is 1. The molecule has 8 heteroatoms. The van der Waals surface area contributed by atoms with Gasteiger partial charge < -0.3 is 5.32 Å². The van der Waals surface area contributed by atoms with Crippen LogP contribution < -0.4 is 5.32 Å². The second-order valence-electron chi connectivity index (χ2n) is 4.84. The SMILES string of the molecule is CCSC1CCC(NC(=O)c2cc(Cl)ncc2[N+](=O)[O-])C1. The maximum atomic E-state index is 12.2. The van der Waals surface area contributed by atoms with E-state index in [0.717, 1.165) is 31.2 Å². The van der Waals surface area contributed by atoms with Crippen molar-refractivity contribution in [2.24, 2.45) is 0 Å². The molecule has 2 unspecified atom stereocenters. The van der Waals surface area contributed by atoms with Gasteiger partial charge in [-0.2, -0.15) is 11.8 Å². The Hall–Kier alpha value is -1.34. The van der Waals surface area contributed by atoms with Crippen LogP contribution in [0.4, 0.5) is 5.69 Å². The van der Waals surface area contributed by atoms with Crippen molar-refractivity contribution in [2.45, 2.75) is 37.5 Å². The minimum Gasteiger partial charge on any atom is -0.349 e. The van der Waals surface area contributed by atoms with E-state index >= 15 is 0 Å². The zero-order chi connectivity index (χ0) is 15.4. The molecule has 1 saturated carbocycles. The Morgan fingerprint density at radius 3 is 3.05 bits per heavy atom. The highest BCUT2D eigenvalue weighted by molar-refractivity contribution is 7.99. The van der Waals surface area contributed by atoms with Gasteiger partial charge in [-0.05, 0) is 31.1 Å². The summed E-state index contributed by atoms with van der Waals surface area (Å²) >= 11 is 7.61. The summed E-state index contributed by atoms with van der Waals surface area (Å²) in [6.07, 6.45) is 3.87. The number of hydrogen-bond donors (Lipinski definition) is 1. The van der Waals surface area contributed by atoms with Gasteiger partial charge in [0, 0.05) is 11.3 Å². The van der Waals surface area contributed by atoms with Gasteiger partial charge >= 0.3 is 0 Å². The van der Waals surface area contributed by atoms with Crippen LogP contribution in [0.5, 0.6) is 0 Å². The van der Waals surface area contributed by atoms with Gasteiger partial charge in [-0.25, -0.2) is 4.98 Å². The van der Waals surface area contributed by atoms with E-state index in [2.05, 4.69) is 17.2 Å². The van der Waals surface area contributed by atoms with Gasteiger partial charge in [0.05, 0.1) is 4.92 Å². The molecule has 1 aromatic heterocycles. The van der Waals surface area contributed by atoms with Crippen LogP contribution in [0.2, 0.25) is 5.15 Å². The van der Waals surface area contributed by atoms with Crippen molar-refractivity contribution >= 4 is 35.0 Å². The molecule has 2 rings (SSSR count). The predicted octanol–water partition coefficient (Wildman–Crippen LogP) is 3.05. The number of rotatable bonds is 5. The first-order valence-electron chi connectivity index (χ1n) is 6.73. The van der Waals surface area contributed by atoms with Crippen molar-refractivity contribution in [3.63, 3.8) is 0 Å². The largest absolute Gasteiger partial charge is 0.349 e. The van der Waals surface area contributed by atoms with Gasteiger partial charge in [0.15, 0.2) is 0 Å². The minimum absolute atomic E-state index is 0.0356. The number of amides is 1. The molecule has 114 valence electrons. The van der Waals surface area contributed by atoms with Crippen LogP contribution in [0.15, 0.2) is 12.3 Å². The molecule has 0 spiro atoms. The summed E-state index contributed by atoms with van der Waals surface area (Å²) in [5, 5.41) is 14.4. The Labute approximate surface area is 131 Å². The van der Waals surface area contributed by atoms with Gasteiger partial charge in [0.1, 0.15) is 16.9 Å². The molecule has 6 nitrogen and oxygen atoms in total. The fourth-order valence-electron chi connectivity index (χ4n) is 2.47. The zero-order valence-corrected chi connectivity index (χ0v) is 13.1. The number of aromatic nitrogens is 1. The lowest BCUT2D eigenvalue weighted by Gasteiger charge is -2.13. The topological polar surface area (TPSA) is 85.1 Å². The van der Waals surface area contributed by atoms with E-state index in [9.17, 15) is 14.9 Å². The molecule has 21 heavy (non-hydrogen) atoms. The number of nitrogens with one attached hydrogen (secondary N) is 1. The molecule has 1 aliphatic rings. The summed E-state index contributed by atoms with van der Waals surface area (Å²) in [6, 6.07) is 1.30. The first-order valence-corrected chi connectivity index (χ1v) is 8.16. The molecule has 1 aromatic rings. The Balaban J connectivity index is 2.07. The van der Waals surface area contributed by atoms with Gasteiger partial charge in [-0.3, -0.25) is 14.9 Å². The third kappa shape index (κ3) is 4.07. The quantitative estimate of drug-likeness (QED) is 0.510. The van der Waals surface area contributed by atoms with Crippen molar-refractivity contribution < 1.29 is 9.72 Å². The number of nitrogens with zero attached hydrogens (tertiary/aromatic N) is 2. The molecule has 0 aromatic carbocycles. The average Bonchev–Trinajstić information content (AvgIpc) is 2.86. The van der Waals surface area contributed by atoms with Crippen molar-refractivity contribution in [3.05, 3.63) is 33.1 Å². The van der Waals surface area contributed by atoms with E-state index in [1.54, 1.807) is 0 Å². The summed E-state index contributed by atoms with van der Waals surface area (Å²) in [6.45, 7) is 2.11. The van der Waals surface area contributed by atoms with E-state index in [-0.39, 0.29) is 22.4 Å². The number of carbonyl (C=O) groups is 1. The standard InChI is InChI=1S/C13H16ClN3O3S/c1-2-21-9-4-3-8(5-9)16-13(18)10-6-12(14)15-7-11(10)17(19)20/h6-9H,2-5H2,1H3,(H,16,18). The molecule has 0 saturated heterocycles. The summed E-state index contributed by atoms with van der Waals surface area (Å²) in [4.78, 5) is 26.2. The van der Waals surface area contributed by atoms with Crippen LogP contribution in [0.25, 0.3) is 0 Å². The van der Waals surface area contributed by atoms with Gasteiger partial charge in [-0.1, -0.05) is 18.5 Å². The minimum atomic E-state index is -0.622. The normalized spacial score (nSPS) is 21.2. The Kier molecular flexibility index (Phi) is 5.41. The predicted molar refractivity (Wildman–Crippen MR) is 82.9 cm³/mol. The number of thioether (sulfide) groups is 1. The summed E-state index contributed by atoms with van der Waals surface area (Å²) in [5.41, 5.74) is -0.360. The van der Waals surface area contributed by atoms with Gasteiger partial charge in [-0.15, -0.1) is 0 Å². The fraction of sp³-hybridized carbons (Fsp3) is 0.538. The van der Waals surface area contributed by atoms with Crippen LogP contribution in [0, 0.1) is 10.1 Å². The van der Waals surface area contributed by atoms with E-state index < -0.39 is 10.8 Å². The lowest BCUT2D eigenvalue weighted by Crippen LogP contribution is -2.33. The van der Waals surface area contributed by atoms with Crippen LogP contribution in [-0.2, 0) is 0 Å². The van der Waals surface area contributed by atoms with Crippen molar-refractivity contribution in [3.8, 4) is 0 Å². The molecule has 0 radical (unpaired) electrons. The molecular formula is C13H16ClN3O3S. The zero-order valence-electron chi connectivity index (χ0n) is 11.5. The lowest BCUT2D eigenvalue weighted by atomic mass is 10.2. The third-order valence-corrected chi connectivity index (χ3v) is 4.85. The maximum Gasteiger partial charge on any atom is 0.300 e. The summed E-state index contributed by atoms with van der Waals surface area (Å²) in [5.74, 6) is 0.592. The first kappa shape index (κ1) is 16.0. The van der Waals surface area contributed by atoms with Crippen LogP contribution in [0.1, 0.15) is 36.5 Å². The second-order valence-corrected chi connectivity index (χ2v) is 6.81. The lowest BCUT2D eigenvalue weighted by molar-refractivity contribution is -0.385. The number of halogens is 1. The molecular weight excluding hydrogens is 314 g/mol. The molecule has 0 bridgehead atoms. The molecule has 2 atom stereocenters. The Morgan fingerprint density at radius 1 is 1.62 bits per heavy atom. The molecule has 0 aliphatic heterocycles. The summed E-state index contributed by atoms with van der Waals surface area (Å²) < 4.78 is 0. The monoisotopic (exact) mass is 329 g/mol. The highest BCUT2D eigenvalue weighted by Crippen LogP contribution is 2.30. The molecule has 1 aliphatic carbocycles. The van der Waals surface area contributed by atoms with Gasteiger partial charge in [0.25, 0.3) is 11.6 Å². The van der Waals surface area contributed by atoms with E-state index in [1.165, 1.54) is 6.07 Å². The van der Waals surface area contributed by atoms with E-state index in [1.807, 2.05) is 11.8 Å². The molecule has 1 amide bonds. The van der Waals surface area contributed by atoms with Crippen LogP contribution in [-0.4, -0.2) is 32.9 Å². The van der Waals surface area contributed by atoms with Crippen molar-refractivity contribution in [1.29, 1.82) is 0 Å². The number of nitro groups is 1. The highest BCUT2D eigenvalue weighted by atomic mass is 35.5. The van der Waals surface area contributed by atoms with E-state index in [4.69, 9.17) is 11.6 Å². The first-order chi connectivity index (χ1) is 10.0. The third-order valence-electron chi connectivity index (χ3n) is 3.41. The van der Waals surface area contributed by atoms with Crippen molar-refractivity contribution in [1.82, 2.24) is 10.3 Å². The summed E-state index contributed by atoms with van der Waals surface area (Å²) in [7, 11) is 0. The van der Waals surface area contributed by atoms with Crippen LogP contribution in [0.3, 0.4) is 0 Å². The van der Waals surface area contributed by atoms with Gasteiger partial charge in [0.2, 0.25) is 0 Å².